The predicted molar refractivity (Wildman–Crippen MR) is 71.6 cm³/mol. The van der Waals surface area contributed by atoms with Crippen molar-refractivity contribution in [2.24, 2.45) is 11.3 Å². The first-order chi connectivity index (χ1) is 8.80. The Morgan fingerprint density at radius 2 is 2.05 bits per heavy atom. The molecule has 5 heteroatoms. The van der Waals surface area contributed by atoms with Crippen molar-refractivity contribution in [1.82, 2.24) is 4.90 Å². The molecule has 0 radical (unpaired) electrons. The first-order valence-electron chi connectivity index (χ1n) is 6.80. The summed E-state index contributed by atoms with van der Waals surface area (Å²) < 4.78 is 10.3. The Balaban J connectivity index is 2.56. The molecule has 19 heavy (non-hydrogen) atoms. The third-order valence-electron chi connectivity index (χ3n) is 3.69. The maximum absolute atomic E-state index is 12.2. The number of hydrogen-bond donors (Lipinski definition) is 0. The molecule has 0 aromatic rings. The fourth-order valence-corrected chi connectivity index (χ4v) is 2.08. The highest BCUT2D eigenvalue weighted by molar-refractivity contribution is 5.81. The monoisotopic (exact) mass is 271 g/mol. The average Bonchev–Trinajstić information content (AvgIpc) is 3.18. The van der Waals surface area contributed by atoms with Gasteiger partial charge < -0.3 is 14.4 Å². The maximum Gasteiger partial charge on any atom is 0.311 e. The lowest BCUT2D eigenvalue weighted by atomic mass is 9.79. The van der Waals surface area contributed by atoms with E-state index in [2.05, 4.69) is 0 Å². The zero-order chi connectivity index (χ0) is 14.6. The standard InChI is InChI=1S/C14H25NO4/c1-6-14(3,7-10(2)12(16)15(4)5)13(17)19-9-11-8-18-11/h10-11H,6-9H2,1-5H3. The molecule has 3 atom stereocenters. The van der Waals surface area contributed by atoms with E-state index in [4.69, 9.17) is 9.47 Å². The fraction of sp³-hybridized carbons (Fsp3) is 0.857. The van der Waals surface area contributed by atoms with Crippen LogP contribution in [0.1, 0.15) is 33.6 Å². The normalized spacial score (nSPS) is 22.3. The SMILES string of the molecule is CCC(C)(CC(C)C(=O)N(C)C)C(=O)OCC1CO1. The molecule has 1 saturated heterocycles. The van der Waals surface area contributed by atoms with Crippen LogP contribution in [0.5, 0.6) is 0 Å². The van der Waals surface area contributed by atoms with Gasteiger partial charge in [-0.15, -0.1) is 0 Å². The van der Waals surface area contributed by atoms with Crippen molar-refractivity contribution < 1.29 is 19.1 Å². The maximum atomic E-state index is 12.2. The first kappa shape index (κ1) is 16.0. The van der Waals surface area contributed by atoms with Crippen molar-refractivity contribution in [3.63, 3.8) is 0 Å². The van der Waals surface area contributed by atoms with E-state index >= 15 is 0 Å². The van der Waals surface area contributed by atoms with Crippen LogP contribution in [-0.2, 0) is 19.1 Å². The van der Waals surface area contributed by atoms with Crippen LogP contribution in [0.4, 0.5) is 0 Å². The van der Waals surface area contributed by atoms with Crippen molar-refractivity contribution in [3.8, 4) is 0 Å². The number of carbonyl (C=O) groups is 2. The Labute approximate surface area is 115 Å². The lowest BCUT2D eigenvalue weighted by Crippen LogP contribution is -2.36. The summed E-state index contributed by atoms with van der Waals surface area (Å²) in [5.74, 6) is -0.383. The molecule has 0 aromatic carbocycles. The summed E-state index contributed by atoms with van der Waals surface area (Å²) in [6.07, 6.45) is 1.23. The van der Waals surface area contributed by atoms with Gasteiger partial charge in [-0.25, -0.2) is 0 Å². The summed E-state index contributed by atoms with van der Waals surface area (Å²) in [5.41, 5.74) is -0.611. The van der Waals surface area contributed by atoms with Crippen LogP contribution in [0.15, 0.2) is 0 Å². The van der Waals surface area contributed by atoms with Crippen LogP contribution in [0.3, 0.4) is 0 Å². The van der Waals surface area contributed by atoms with Crippen molar-refractivity contribution in [2.45, 2.75) is 39.7 Å². The van der Waals surface area contributed by atoms with Gasteiger partial charge in [0.15, 0.2) is 0 Å². The molecule has 0 N–H and O–H groups in total. The molecular formula is C14H25NO4. The fourth-order valence-electron chi connectivity index (χ4n) is 2.08. The van der Waals surface area contributed by atoms with E-state index in [0.717, 1.165) is 0 Å². The number of epoxide rings is 1. The Kier molecular flexibility index (Phi) is 5.35. The van der Waals surface area contributed by atoms with E-state index < -0.39 is 5.41 Å². The van der Waals surface area contributed by atoms with Crippen molar-refractivity contribution in [1.29, 1.82) is 0 Å². The van der Waals surface area contributed by atoms with Crippen LogP contribution in [0, 0.1) is 11.3 Å². The molecule has 1 heterocycles. The predicted octanol–water partition coefficient (Wildman–Crippen LogP) is 1.46. The molecule has 1 fully saturated rings. The lowest BCUT2D eigenvalue weighted by molar-refractivity contribution is -0.157. The van der Waals surface area contributed by atoms with Gasteiger partial charge in [0.2, 0.25) is 5.91 Å². The molecule has 1 amide bonds. The summed E-state index contributed by atoms with van der Waals surface area (Å²) in [6, 6.07) is 0. The number of nitrogens with zero attached hydrogens (tertiary/aromatic N) is 1. The Hall–Kier alpha value is -1.10. The third-order valence-corrected chi connectivity index (χ3v) is 3.69. The van der Waals surface area contributed by atoms with Gasteiger partial charge in [0.25, 0.3) is 0 Å². The molecule has 0 spiro atoms. The molecule has 0 saturated carbocycles. The zero-order valence-electron chi connectivity index (χ0n) is 12.6. The van der Waals surface area contributed by atoms with Crippen LogP contribution in [0.25, 0.3) is 0 Å². The Morgan fingerprint density at radius 1 is 1.47 bits per heavy atom. The topological polar surface area (TPSA) is 59.1 Å². The van der Waals surface area contributed by atoms with Gasteiger partial charge in [0.05, 0.1) is 12.0 Å². The third kappa shape index (κ3) is 4.49. The van der Waals surface area contributed by atoms with Gasteiger partial charge in [-0.1, -0.05) is 13.8 Å². The summed E-state index contributed by atoms with van der Waals surface area (Å²) in [7, 11) is 3.45. The van der Waals surface area contributed by atoms with Gasteiger partial charge in [0.1, 0.15) is 12.7 Å². The molecule has 0 aliphatic carbocycles. The minimum atomic E-state index is -0.611. The van der Waals surface area contributed by atoms with E-state index in [9.17, 15) is 9.59 Å². The van der Waals surface area contributed by atoms with Gasteiger partial charge in [0, 0.05) is 20.0 Å². The van der Waals surface area contributed by atoms with Crippen LogP contribution < -0.4 is 0 Å². The number of carbonyl (C=O) groups excluding carboxylic acids is 2. The second-order valence-corrected chi connectivity index (χ2v) is 5.81. The van der Waals surface area contributed by atoms with E-state index in [1.807, 2.05) is 20.8 Å². The zero-order valence-corrected chi connectivity index (χ0v) is 12.6. The molecule has 3 unspecified atom stereocenters. The molecule has 1 rings (SSSR count). The van der Waals surface area contributed by atoms with E-state index in [-0.39, 0.29) is 23.9 Å². The van der Waals surface area contributed by atoms with Crippen molar-refractivity contribution in [2.75, 3.05) is 27.3 Å². The number of hydrogen-bond acceptors (Lipinski definition) is 4. The number of ether oxygens (including phenoxy) is 2. The minimum Gasteiger partial charge on any atom is -0.462 e. The smallest absolute Gasteiger partial charge is 0.311 e. The second-order valence-electron chi connectivity index (χ2n) is 5.81. The highest BCUT2D eigenvalue weighted by Crippen LogP contribution is 2.32. The molecule has 110 valence electrons. The van der Waals surface area contributed by atoms with Crippen LogP contribution >= 0.6 is 0 Å². The average molecular weight is 271 g/mol. The summed E-state index contributed by atoms with van der Waals surface area (Å²) in [6.45, 7) is 6.66. The number of amides is 1. The second kappa shape index (κ2) is 6.37. The van der Waals surface area contributed by atoms with Gasteiger partial charge in [-0.05, 0) is 19.8 Å². The van der Waals surface area contributed by atoms with Crippen molar-refractivity contribution in [3.05, 3.63) is 0 Å². The highest BCUT2D eigenvalue weighted by atomic mass is 16.6. The lowest BCUT2D eigenvalue weighted by Gasteiger charge is -2.29. The Morgan fingerprint density at radius 3 is 2.47 bits per heavy atom. The minimum absolute atomic E-state index is 0.0398. The van der Waals surface area contributed by atoms with Gasteiger partial charge in [-0.3, -0.25) is 9.59 Å². The van der Waals surface area contributed by atoms with Crippen LogP contribution in [0.2, 0.25) is 0 Å². The van der Waals surface area contributed by atoms with Gasteiger partial charge in [-0.2, -0.15) is 0 Å². The molecule has 5 nitrogen and oxygen atoms in total. The summed E-state index contributed by atoms with van der Waals surface area (Å²) >= 11 is 0. The molecular weight excluding hydrogens is 246 g/mol. The quantitative estimate of drug-likeness (QED) is 0.519. The Bertz CT molecular complexity index is 338. The van der Waals surface area contributed by atoms with Crippen LogP contribution in [-0.4, -0.2) is 50.2 Å². The highest BCUT2D eigenvalue weighted by Gasteiger charge is 2.37. The molecule has 0 aromatic heterocycles. The molecule has 1 aliphatic heterocycles. The van der Waals surface area contributed by atoms with E-state index in [1.165, 1.54) is 0 Å². The number of rotatable bonds is 7. The first-order valence-corrected chi connectivity index (χ1v) is 6.80. The summed E-state index contributed by atoms with van der Waals surface area (Å²) in [4.78, 5) is 25.6. The molecule has 0 bridgehead atoms. The van der Waals surface area contributed by atoms with Crippen molar-refractivity contribution >= 4 is 11.9 Å². The van der Waals surface area contributed by atoms with E-state index in [0.29, 0.717) is 26.1 Å². The van der Waals surface area contributed by atoms with E-state index in [1.54, 1.807) is 19.0 Å². The largest absolute Gasteiger partial charge is 0.462 e. The van der Waals surface area contributed by atoms with Gasteiger partial charge >= 0.3 is 5.97 Å². The summed E-state index contributed by atoms with van der Waals surface area (Å²) in [5, 5.41) is 0. The molecule has 1 aliphatic rings. The number of esters is 1.